The quantitative estimate of drug-likeness (QED) is 0.337. The molecule has 15 heteroatoms. The van der Waals surface area contributed by atoms with Crippen LogP contribution in [0.2, 0.25) is 0 Å². The molecular weight excluding hydrogens is 356 g/mol. The van der Waals surface area contributed by atoms with E-state index in [-0.39, 0.29) is 17.3 Å². The predicted molar refractivity (Wildman–Crippen MR) is 81.2 cm³/mol. The summed E-state index contributed by atoms with van der Waals surface area (Å²) in [5.74, 6) is 0.265. The second-order valence-corrected chi connectivity index (χ2v) is 5.51. The number of hydrogen-bond donors (Lipinski definition) is 0. The van der Waals surface area contributed by atoms with Gasteiger partial charge in [-0.25, -0.2) is 4.68 Å². The highest BCUT2D eigenvalue weighted by Crippen LogP contribution is 2.27. The second-order valence-electron chi connectivity index (χ2n) is 4.60. The number of aryl methyl sites for hydroxylation is 1. The third kappa shape index (κ3) is 3.55. The van der Waals surface area contributed by atoms with Crippen LogP contribution in [0.25, 0.3) is 11.4 Å². The first-order valence-electron chi connectivity index (χ1n) is 6.51. The van der Waals surface area contributed by atoms with E-state index in [0.717, 1.165) is 18.2 Å². The van der Waals surface area contributed by atoms with Crippen molar-refractivity contribution in [2.75, 3.05) is 0 Å². The van der Waals surface area contributed by atoms with Gasteiger partial charge in [-0.2, -0.15) is 4.80 Å². The Kier molecular flexibility index (Phi) is 4.29. The van der Waals surface area contributed by atoms with Crippen LogP contribution in [-0.4, -0.2) is 50.3 Å². The average Bonchev–Trinajstić information content (AvgIpc) is 3.21. The zero-order chi connectivity index (χ0) is 18.0. The minimum absolute atomic E-state index is 0.0310. The normalized spacial score (nSPS) is 10.8. The van der Waals surface area contributed by atoms with Crippen LogP contribution in [0.3, 0.4) is 0 Å². The van der Waals surface area contributed by atoms with Gasteiger partial charge in [-0.15, -0.1) is 15.3 Å². The molecule has 0 spiro atoms. The number of hydrogen-bond acceptors (Lipinski definition) is 11. The van der Waals surface area contributed by atoms with Gasteiger partial charge in [0, 0.05) is 24.7 Å². The van der Waals surface area contributed by atoms with Crippen molar-refractivity contribution in [1.29, 1.82) is 0 Å². The predicted octanol–water partition coefficient (Wildman–Crippen LogP) is 0.430. The molecule has 0 aliphatic carbocycles. The molecule has 14 nitrogen and oxygen atoms in total. The van der Waals surface area contributed by atoms with Crippen molar-refractivity contribution in [3.05, 3.63) is 38.4 Å². The zero-order valence-electron chi connectivity index (χ0n) is 12.5. The van der Waals surface area contributed by atoms with E-state index in [2.05, 4.69) is 30.9 Å². The number of nitro groups is 2. The summed E-state index contributed by atoms with van der Waals surface area (Å²) in [5.41, 5.74) is -0.738. The molecule has 0 aliphatic rings. The van der Waals surface area contributed by atoms with Crippen LogP contribution >= 0.6 is 11.8 Å². The SMILES string of the molecule is Cn1nnnc1SCn1nnc(-c2cc([N+](=O)[O-])cc([N+](=O)[O-])c2)n1. The van der Waals surface area contributed by atoms with Crippen LogP contribution in [0.4, 0.5) is 11.4 Å². The Balaban J connectivity index is 1.85. The summed E-state index contributed by atoms with van der Waals surface area (Å²) in [6, 6.07) is 3.16. The lowest BCUT2D eigenvalue weighted by Gasteiger charge is -1.98. The second kappa shape index (κ2) is 6.56. The van der Waals surface area contributed by atoms with Gasteiger partial charge in [0.05, 0.1) is 15.9 Å². The summed E-state index contributed by atoms with van der Waals surface area (Å²) in [6.45, 7) is 0. The van der Waals surface area contributed by atoms with Gasteiger partial charge in [0.2, 0.25) is 11.0 Å². The summed E-state index contributed by atoms with van der Waals surface area (Å²) in [4.78, 5) is 21.6. The van der Waals surface area contributed by atoms with Crippen molar-refractivity contribution in [2.24, 2.45) is 7.05 Å². The van der Waals surface area contributed by atoms with Gasteiger partial charge in [0.15, 0.2) is 0 Å². The molecular formula is C10H8N10O4S. The maximum absolute atomic E-state index is 10.9. The first-order chi connectivity index (χ1) is 11.9. The van der Waals surface area contributed by atoms with Crippen LogP contribution < -0.4 is 0 Å². The Morgan fingerprint density at radius 3 is 2.32 bits per heavy atom. The summed E-state index contributed by atoms with van der Waals surface area (Å²) in [7, 11) is 1.67. The molecule has 0 fully saturated rings. The van der Waals surface area contributed by atoms with Gasteiger partial charge in [-0.05, 0) is 15.6 Å². The minimum atomic E-state index is -0.724. The highest BCUT2D eigenvalue weighted by atomic mass is 32.2. The number of aromatic nitrogens is 8. The molecule has 1 aromatic carbocycles. The Bertz CT molecular complexity index is 921. The van der Waals surface area contributed by atoms with Gasteiger partial charge >= 0.3 is 0 Å². The fraction of sp³-hybridized carbons (Fsp3) is 0.200. The lowest BCUT2D eigenvalue weighted by molar-refractivity contribution is -0.394. The van der Waals surface area contributed by atoms with Gasteiger partial charge in [-0.3, -0.25) is 20.2 Å². The minimum Gasteiger partial charge on any atom is -0.258 e. The van der Waals surface area contributed by atoms with E-state index in [9.17, 15) is 20.2 Å². The van der Waals surface area contributed by atoms with E-state index in [0.29, 0.717) is 5.16 Å². The molecule has 0 aliphatic heterocycles. The third-order valence-electron chi connectivity index (χ3n) is 2.93. The van der Waals surface area contributed by atoms with Gasteiger partial charge in [-0.1, -0.05) is 11.8 Å². The Morgan fingerprint density at radius 2 is 1.76 bits per heavy atom. The number of benzene rings is 1. The topological polar surface area (TPSA) is 173 Å². The third-order valence-corrected chi connectivity index (χ3v) is 3.89. The van der Waals surface area contributed by atoms with Crippen LogP contribution in [0.15, 0.2) is 23.4 Å². The molecule has 3 aromatic rings. The number of nitrogens with zero attached hydrogens (tertiary/aromatic N) is 10. The zero-order valence-corrected chi connectivity index (χ0v) is 13.3. The van der Waals surface area contributed by atoms with E-state index in [4.69, 9.17) is 0 Å². The standard InChI is InChI=1S/C10H8N10O4S/c1-17-10(12-14-16-17)25-5-18-13-9(11-15-18)6-2-7(19(21)22)4-8(3-6)20(23)24/h2-4H,5H2,1H3. The van der Waals surface area contributed by atoms with Crippen molar-refractivity contribution < 1.29 is 9.85 Å². The van der Waals surface area contributed by atoms with Crippen molar-refractivity contribution in [3.63, 3.8) is 0 Å². The fourth-order valence-corrected chi connectivity index (χ4v) is 2.47. The van der Waals surface area contributed by atoms with Crippen LogP contribution in [-0.2, 0) is 12.9 Å². The summed E-state index contributed by atoms with van der Waals surface area (Å²) in [5, 5.41) is 45.0. The molecule has 25 heavy (non-hydrogen) atoms. The van der Waals surface area contributed by atoms with Gasteiger partial charge < -0.3 is 0 Å². The molecule has 0 unspecified atom stereocenters. The monoisotopic (exact) mass is 364 g/mol. The molecule has 0 N–H and O–H groups in total. The Morgan fingerprint density at radius 1 is 1.08 bits per heavy atom. The van der Waals surface area contributed by atoms with E-state index >= 15 is 0 Å². The molecule has 0 radical (unpaired) electrons. The van der Waals surface area contributed by atoms with Crippen LogP contribution in [0, 0.1) is 20.2 Å². The molecule has 128 valence electrons. The molecule has 3 rings (SSSR count). The Labute approximate surface area is 142 Å². The number of nitro benzene ring substituents is 2. The number of tetrazole rings is 2. The Hall–Kier alpha value is -3.49. The molecule has 0 amide bonds. The number of thioether (sulfide) groups is 1. The van der Waals surface area contributed by atoms with E-state index in [1.165, 1.54) is 21.2 Å². The van der Waals surface area contributed by atoms with E-state index in [1.807, 2.05) is 0 Å². The maximum atomic E-state index is 10.9. The summed E-state index contributed by atoms with van der Waals surface area (Å²) >= 11 is 1.24. The molecule has 0 saturated heterocycles. The maximum Gasteiger partial charge on any atom is 0.277 e. The first-order valence-corrected chi connectivity index (χ1v) is 7.50. The van der Waals surface area contributed by atoms with Crippen LogP contribution in [0.1, 0.15) is 0 Å². The number of non-ortho nitro benzene ring substituents is 2. The lowest BCUT2D eigenvalue weighted by Crippen LogP contribution is -2.01. The average molecular weight is 364 g/mol. The summed E-state index contributed by atoms with van der Waals surface area (Å²) in [6.07, 6.45) is 0. The van der Waals surface area contributed by atoms with Crippen molar-refractivity contribution >= 4 is 23.1 Å². The smallest absolute Gasteiger partial charge is 0.258 e. The highest BCUT2D eigenvalue weighted by molar-refractivity contribution is 7.98. The van der Waals surface area contributed by atoms with E-state index < -0.39 is 21.2 Å². The largest absolute Gasteiger partial charge is 0.277 e. The molecule has 0 saturated carbocycles. The number of rotatable bonds is 6. The fourth-order valence-electron chi connectivity index (χ4n) is 1.81. The molecule has 2 aromatic heterocycles. The molecule has 2 heterocycles. The summed E-state index contributed by atoms with van der Waals surface area (Å²) < 4.78 is 1.46. The first kappa shape index (κ1) is 16.4. The molecule has 0 bridgehead atoms. The molecule has 0 atom stereocenters. The van der Waals surface area contributed by atoms with Gasteiger partial charge in [0.1, 0.15) is 5.88 Å². The van der Waals surface area contributed by atoms with Crippen molar-refractivity contribution in [2.45, 2.75) is 11.0 Å². The van der Waals surface area contributed by atoms with Crippen LogP contribution in [0.5, 0.6) is 0 Å². The van der Waals surface area contributed by atoms with E-state index in [1.54, 1.807) is 7.05 Å². The van der Waals surface area contributed by atoms with Crippen molar-refractivity contribution in [1.82, 2.24) is 40.4 Å². The van der Waals surface area contributed by atoms with Gasteiger partial charge in [0.25, 0.3) is 11.4 Å². The lowest BCUT2D eigenvalue weighted by atomic mass is 10.1. The van der Waals surface area contributed by atoms with Crippen molar-refractivity contribution in [3.8, 4) is 11.4 Å². The highest BCUT2D eigenvalue weighted by Gasteiger charge is 2.19.